The number of ether oxygens (including phenoxy) is 1. The van der Waals surface area contributed by atoms with E-state index in [2.05, 4.69) is 13.9 Å². The minimum absolute atomic E-state index is 0.149. The molecule has 0 radical (unpaired) electrons. The second kappa shape index (κ2) is 5.89. The van der Waals surface area contributed by atoms with Crippen LogP contribution in [0.3, 0.4) is 0 Å². The van der Waals surface area contributed by atoms with Crippen molar-refractivity contribution in [1.82, 2.24) is 4.98 Å². The summed E-state index contributed by atoms with van der Waals surface area (Å²) in [6, 6.07) is 3.18. The summed E-state index contributed by atoms with van der Waals surface area (Å²) >= 11 is 0. The Kier molecular flexibility index (Phi) is 4.40. The van der Waals surface area contributed by atoms with E-state index in [9.17, 15) is 30.8 Å². The van der Waals surface area contributed by atoms with Gasteiger partial charge in [0.1, 0.15) is 0 Å². The summed E-state index contributed by atoms with van der Waals surface area (Å²) in [5.74, 6) is -2.74. The number of alkyl halides is 3. The first-order valence-corrected chi connectivity index (χ1v) is 7.57. The molecule has 0 aliphatic heterocycles. The Morgan fingerprint density at radius 2 is 1.83 bits per heavy atom. The highest BCUT2D eigenvalue weighted by Crippen LogP contribution is 2.33. The molecule has 0 aliphatic carbocycles. The molecule has 0 fully saturated rings. The molecule has 1 aromatic carbocycles. The van der Waals surface area contributed by atoms with Crippen LogP contribution in [0, 0.1) is 12.7 Å². The number of hydrogen-bond acceptors (Lipinski definition) is 6. The van der Waals surface area contributed by atoms with Crippen molar-refractivity contribution in [1.29, 1.82) is 0 Å². The van der Waals surface area contributed by atoms with Gasteiger partial charge in [-0.3, -0.25) is 0 Å². The van der Waals surface area contributed by atoms with Crippen LogP contribution in [0.4, 0.5) is 17.6 Å². The number of carbonyl (C=O) groups is 1. The summed E-state index contributed by atoms with van der Waals surface area (Å²) in [6.07, 6.45) is 0. The van der Waals surface area contributed by atoms with Gasteiger partial charge in [-0.15, -0.1) is 0 Å². The zero-order valence-electron chi connectivity index (χ0n) is 12.1. The normalized spacial score (nSPS) is 12.2. The van der Waals surface area contributed by atoms with E-state index in [0.717, 1.165) is 26.2 Å². The molecule has 1 heterocycles. The van der Waals surface area contributed by atoms with Gasteiger partial charge in [0.05, 0.1) is 18.4 Å². The van der Waals surface area contributed by atoms with E-state index in [1.165, 1.54) is 6.07 Å². The molecule has 0 aliphatic rings. The molecule has 0 amide bonds. The van der Waals surface area contributed by atoms with E-state index in [1.54, 1.807) is 0 Å². The van der Waals surface area contributed by atoms with Crippen molar-refractivity contribution in [3.05, 3.63) is 35.3 Å². The molecule has 2 rings (SSSR count). The zero-order chi connectivity index (χ0) is 18.3. The number of halogens is 4. The number of nitrogens with zero attached hydrogens (tertiary/aromatic N) is 1. The van der Waals surface area contributed by atoms with Gasteiger partial charge in [-0.2, -0.15) is 21.6 Å². The van der Waals surface area contributed by atoms with Crippen LogP contribution in [0.5, 0.6) is 5.88 Å². The summed E-state index contributed by atoms with van der Waals surface area (Å²) in [5.41, 5.74) is -6.21. The van der Waals surface area contributed by atoms with E-state index in [0.29, 0.717) is 0 Å². The molecule has 1 aromatic heterocycles. The van der Waals surface area contributed by atoms with Crippen LogP contribution in [0.25, 0.3) is 10.8 Å². The monoisotopic (exact) mass is 367 g/mol. The van der Waals surface area contributed by atoms with Crippen LogP contribution in [0.1, 0.15) is 16.1 Å². The van der Waals surface area contributed by atoms with Gasteiger partial charge in [0.25, 0.3) is 0 Å². The maximum Gasteiger partial charge on any atom is 0.534 e. The SMILES string of the molecule is COC(=O)c1ccc2c(F)c(C)nc(OS(=O)(=O)C(F)(F)F)c2c1. The van der Waals surface area contributed by atoms with Gasteiger partial charge in [0.2, 0.25) is 5.88 Å². The lowest BCUT2D eigenvalue weighted by Gasteiger charge is -2.12. The molecule has 11 heteroatoms. The minimum atomic E-state index is -6.01. The number of pyridine rings is 1. The maximum absolute atomic E-state index is 14.1. The van der Waals surface area contributed by atoms with Crippen molar-refractivity contribution in [3.63, 3.8) is 0 Å². The third kappa shape index (κ3) is 3.11. The van der Waals surface area contributed by atoms with Gasteiger partial charge < -0.3 is 8.92 Å². The molecule has 0 saturated heterocycles. The number of aryl methyl sites for hydroxylation is 1. The summed E-state index contributed by atoms with van der Waals surface area (Å²) in [5, 5.41) is -0.684. The molecule has 2 aromatic rings. The number of hydrogen-bond donors (Lipinski definition) is 0. The molecule has 130 valence electrons. The molecule has 24 heavy (non-hydrogen) atoms. The Labute approximate surface area is 133 Å². The summed E-state index contributed by atoms with van der Waals surface area (Å²) in [7, 11) is -4.95. The number of methoxy groups -OCH3 is 1. The Hall–Kier alpha value is -2.43. The third-order valence-electron chi connectivity index (χ3n) is 2.97. The number of esters is 1. The molecule has 0 unspecified atom stereocenters. The number of aromatic nitrogens is 1. The summed E-state index contributed by atoms with van der Waals surface area (Å²) < 4.78 is 82.2. The lowest BCUT2D eigenvalue weighted by Crippen LogP contribution is -2.28. The first-order valence-electron chi connectivity index (χ1n) is 6.17. The smallest absolute Gasteiger partial charge is 0.465 e. The predicted octanol–water partition coefficient (Wildman–Crippen LogP) is 2.70. The Bertz CT molecular complexity index is 924. The van der Waals surface area contributed by atoms with E-state index in [1.807, 2.05) is 0 Å². The summed E-state index contributed by atoms with van der Waals surface area (Å²) in [4.78, 5) is 14.9. The van der Waals surface area contributed by atoms with Crippen molar-refractivity contribution in [2.24, 2.45) is 0 Å². The lowest BCUT2D eigenvalue weighted by molar-refractivity contribution is -0.0501. The fraction of sp³-hybridized carbons (Fsp3) is 0.231. The van der Waals surface area contributed by atoms with Crippen molar-refractivity contribution in [2.75, 3.05) is 7.11 Å². The molecule has 0 N–H and O–H groups in total. The topological polar surface area (TPSA) is 82.6 Å². The average Bonchev–Trinajstić information content (AvgIpc) is 2.49. The second-order valence-electron chi connectivity index (χ2n) is 4.55. The summed E-state index contributed by atoms with van der Waals surface area (Å²) in [6.45, 7) is 1.12. The fourth-order valence-corrected chi connectivity index (χ4v) is 2.26. The van der Waals surface area contributed by atoms with Crippen molar-refractivity contribution in [2.45, 2.75) is 12.4 Å². The van der Waals surface area contributed by atoms with Gasteiger partial charge in [-0.25, -0.2) is 14.2 Å². The standard InChI is InChI=1S/C13H9F4NO5S/c1-6-10(14)8-4-3-7(12(19)22-2)5-9(8)11(18-6)23-24(20,21)13(15,16)17/h3-5H,1-2H3. The molecular formula is C13H9F4NO5S. The van der Waals surface area contributed by atoms with Crippen LogP contribution in [0.2, 0.25) is 0 Å². The Morgan fingerprint density at radius 1 is 1.21 bits per heavy atom. The van der Waals surface area contributed by atoms with E-state index >= 15 is 0 Å². The number of fused-ring (bicyclic) bond motifs is 1. The molecule has 0 atom stereocenters. The molecule has 0 spiro atoms. The van der Waals surface area contributed by atoms with Crippen LogP contribution in [-0.4, -0.2) is 32.0 Å². The van der Waals surface area contributed by atoms with Crippen LogP contribution in [-0.2, 0) is 14.9 Å². The largest absolute Gasteiger partial charge is 0.534 e. The van der Waals surface area contributed by atoms with Crippen LogP contribution in [0.15, 0.2) is 18.2 Å². The maximum atomic E-state index is 14.1. The highest BCUT2D eigenvalue weighted by molar-refractivity contribution is 7.88. The molecular weight excluding hydrogens is 358 g/mol. The molecule has 6 nitrogen and oxygen atoms in total. The number of carbonyl (C=O) groups excluding carboxylic acids is 1. The molecule has 0 bridgehead atoms. The number of rotatable bonds is 3. The van der Waals surface area contributed by atoms with Crippen LogP contribution >= 0.6 is 0 Å². The minimum Gasteiger partial charge on any atom is -0.465 e. The first kappa shape index (κ1) is 17.9. The first-order chi connectivity index (χ1) is 11.0. The predicted molar refractivity (Wildman–Crippen MR) is 73.4 cm³/mol. The zero-order valence-corrected chi connectivity index (χ0v) is 13.0. The van der Waals surface area contributed by atoms with E-state index in [-0.39, 0.29) is 16.6 Å². The van der Waals surface area contributed by atoms with Gasteiger partial charge in [-0.05, 0) is 19.1 Å². The van der Waals surface area contributed by atoms with Crippen molar-refractivity contribution < 1.29 is 39.7 Å². The third-order valence-corrected chi connectivity index (χ3v) is 3.91. The quantitative estimate of drug-likeness (QED) is 0.359. The second-order valence-corrected chi connectivity index (χ2v) is 6.09. The Balaban J connectivity index is 2.73. The highest BCUT2D eigenvalue weighted by atomic mass is 32.2. The van der Waals surface area contributed by atoms with Gasteiger partial charge >= 0.3 is 21.6 Å². The number of benzene rings is 1. The fourth-order valence-electron chi connectivity index (χ4n) is 1.83. The van der Waals surface area contributed by atoms with Crippen LogP contribution < -0.4 is 4.18 Å². The average molecular weight is 367 g/mol. The Morgan fingerprint density at radius 3 is 2.38 bits per heavy atom. The van der Waals surface area contributed by atoms with Gasteiger partial charge in [0, 0.05) is 10.8 Å². The van der Waals surface area contributed by atoms with Crippen molar-refractivity contribution >= 4 is 26.9 Å². The van der Waals surface area contributed by atoms with E-state index < -0.39 is 38.7 Å². The van der Waals surface area contributed by atoms with Gasteiger partial charge in [0.15, 0.2) is 5.82 Å². The van der Waals surface area contributed by atoms with Gasteiger partial charge in [-0.1, -0.05) is 6.07 Å². The van der Waals surface area contributed by atoms with E-state index in [4.69, 9.17) is 0 Å². The lowest BCUT2D eigenvalue weighted by atomic mass is 10.1. The molecule has 0 saturated carbocycles. The highest BCUT2D eigenvalue weighted by Gasteiger charge is 2.49. The van der Waals surface area contributed by atoms with Crippen molar-refractivity contribution in [3.8, 4) is 5.88 Å².